The molecule has 1 fully saturated rings. The Labute approximate surface area is 119 Å². The summed E-state index contributed by atoms with van der Waals surface area (Å²) >= 11 is 6.24. The van der Waals surface area contributed by atoms with Crippen molar-refractivity contribution < 1.29 is 4.79 Å². The van der Waals surface area contributed by atoms with Crippen molar-refractivity contribution in [2.24, 2.45) is 10.8 Å². The van der Waals surface area contributed by atoms with Crippen molar-refractivity contribution in [3.05, 3.63) is 11.6 Å². The smallest absolute Gasteiger partial charge is 0.170 e. The molecule has 2 atom stereocenters. The highest BCUT2D eigenvalue weighted by atomic mass is 35.5. The van der Waals surface area contributed by atoms with Crippen LogP contribution in [0.3, 0.4) is 0 Å². The average Bonchev–Trinajstić information content (AvgIpc) is 2.37. The summed E-state index contributed by atoms with van der Waals surface area (Å²) in [6.07, 6.45) is 4.84. The molecular formula is C16H18ClNO. The van der Waals surface area contributed by atoms with Crippen molar-refractivity contribution >= 4 is 17.4 Å². The van der Waals surface area contributed by atoms with Gasteiger partial charge >= 0.3 is 0 Å². The summed E-state index contributed by atoms with van der Waals surface area (Å²) in [6.45, 7) is 6.11. The standard InChI is InChI=1S/C16H18ClNO/c1-14(2)6-5-13(19)12(10-14)4-7-15(3)8-9-16(15,17)11-18/h10H,5-6,8-9H2,1-3H3/t15-,16+/m0/s1. The lowest BCUT2D eigenvalue weighted by Gasteiger charge is -2.45. The number of hydrogen-bond acceptors (Lipinski definition) is 2. The molecule has 0 aliphatic heterocycles. The maximum Gasteiger partial charge on any atom is 0.170 e. The van der Waals surface area contributed by atoms with E-state index in [1.54, 1.807) is 0 Å². The lowest BCUT2D eigenvalue weighted by Crippen LogP contribution is -2.49. The molecule has 3 heteroatoms. The molecule has 0 spiro atoms. The van der Waals surface area contributed by atoms with Crippen molar-refractivity contribution in [1.82, 2.24) is 0 Å². The van der Waals surface area contributed by atoms with Crippen molar-refractivity contribution in [3.8, 4) is 17.9 Å². The molecule has 0 aromatic carbocycles. The monoisotopic (exact) mass is 275 g/mol. The fourth-order valence-electron chi connectivity index (χ4n) is 2.49. The van der Waals surface area contributed by atoms with E-state index in [1.165, 1.54) is 0 Å². The van der Waals surface area contributed by atoms with Crippen LogP contribution < -0.4 is 0 Å². The minimum Gasteiger partial charge on any atom is -0.293 e. The highest BCUT2D eigenvalue weighted by molar-refractivity contribution is 6.27. The van der Waals surface area contributed by atoms with Gasteiger partial charge in [-0.15, -0.1) is 11.6 Å². The predicted molar refractivity (Wildman–Crippen MR) is 75.4 cm³/mol. The molecule has 2 aliphatic carbocycles. The molecule has 100 valence electrons. The Morgan fingerprint density at radius 1 is 1.26 bits per heavy atom. The summed E-state index contributed by atoms with van der Waals surface area (Å²) in [4.78, 5) is 11.0. The van der Waals surface area contributed by atoms with E-state index in [0.717, 1.165) is 12.8 Å². The summed E-state index contributed by atoms with van der Waals surface area (Å²) in [5.41, 5.74) is 0.0962. The topological polar surface area (TPSA) is 40.9 Å². The molecule has 0 saturated heterocycles. The largest absolute Gasteiger partial charge is 0.293 e. The second kappa shape index (κ2) is 4.39. The second-order valence-corrected chi connectivity index (χ2v) is 7.11. The number of nitrogens with zero attached hydrogens (tertiary/aromatic N) is 1. The Hall–Kier alpha value is -1.25. The molecule has 2 nitrogen and oxygen atoms in total. The van der Waals surface area contributed by atoms with Gasteiger partial charge in [0.2, 0.25) is 0 Å². The van der Waals surface area contributed by atoms with E-state index in [4.69, 9.17) is 16.9 Å². The van der Waals surface area contributed by atoms with Gasteiger partial charge in [-0.25, -0.2) is 0 Å². The van der Waals surface area contributed by atoms with E-state index in [-0.39, 0.29) is 11.2 Å². The quantitative estimate of drug-likeness (QED) is 0.501. The van der Waals surface area contributed by atoms with E-state index >= 15 is 0 Å². The molecule has 2 rings (SSSR count). The first kappa shape index (κ1) is 14.2. The van der Waals surface area contributed by atoms with Crippen molar-refractivity contribution in [1.29, 1.82) is 5.26 Å². The van der Waals surface area contributed by atoms with Gasteiger partial charge < -0.3 is 0 Å². The molecule has 0 amide bonds. The lowest BCUT2D eigenvalue weighted by atomic mass is 9.61. The third-order valence-corrected chi connectivity index (χ3v) is 5.02. The number of ketones is 1. The van der Waals surface area contributed by atoms with Gasteiger partial charge in [0.15, 0.2) is 5.78 Å². The van der Waals surface area contributed by atoms with Crippen LogP contribution in [-0.4, -0.2) is 10.7 Å². The van der Waals surface area contributed by atoms with Crippen LogP contribution in [0.15, 0.2) is 11.6 Å². The van der Waals surface area contributed by atoms with Crippen LogP contribution in [0.2, 0.25) is 0 Å². The molecular weight excluding hydrogens is 258 g/mol. The van der Waals surface area contributed by atoms with Crippen molar-refractivity contribution in [2.75, 3.05) is 0 Å². The van der Waals surface area contributed by atoms with Crippen LogP contribution in [0, 0.1) is 34.0 Å². The maximum atomic E-state index is 11.9. The fraction of sp³-hybridized carbons (Fsp3) is 0.625. The molecule has 0 unspecified atom stereocenters. The molecule has 0 radical (unpaired) electrons. The summed E-state index contributed by atoms with van der Waals surface area (Å²) in [5.74, 6) is 6.17. The van der Waals surface area contributed by atoms with Gasteiger partial charge in [0.05, 0.1) is 17.1 Å². The normalized spacial score (nSPS) is 36.4. The van der Waals surface area contributed by atoms with Gasteiger partial charge in [0.25, 0.3) is 0 Å². The van der Waals surface area contributed by atoms with Crippen LogP contribution in [0.5, 0.6) is 0 Å². The Balaban J connectivity index is 2.28. The Morgan fingerprint density at radius 3 is 2.47 bits per heavy atom. The average molecular weight is 276 g/mol. The van der Waals surface area contributed by atoms with Gasteiger partial charge in [0, 0.05) is 6.42 Å². The minimum absolute atomic E-state index is 0.0196. The Kier molecular flexibility index (Phi) is 3.28. The third-order valence-electron chi connectivity index (χ3n) is 4.33. The summed E-state index contributed by atoms with van der Waals surface area (Å²) < 4.78 is 0. The van der Waals surface area contributed by atoms with E-state index in [2.05, 4.69) is 31.8 Å². The molecule has 0 aromatic rings. The van der Waals surface area contributed by atoms with Crippen molar-refractivity contribution in [2.45, 2.75) is 51.3 Å². The van der Waals surface area contributed by atoms with E-state index < -0.39 is 10.3 Å². The first-order chi connectivity index (χ1) is 8.71. The third kappa shape index (κ3) is 2.43. The number of halogens is 1. The number of carbonyl (C=O) groups is 1. The number of allylic oxidation sites excluding steroid dienone is 2. The molecule has 19 heavy (non-hydrogen) atoms. The molecule has 0 heterocycles. The van der Waals surface area contributed by atoms with Crippen LogP contribution >= 0.6 is 11.6 Å². The molecule has 2 aliphatic rings. The van der Waals surface area contributed by atoms with Gasteiger partial charge in [-0.05, 0) is 31.6 Å². The van der Waals surface area contributed by atoms with Crippen LogP contribution in [0.4, 0.5) is 0 Å². The van der Waals surface area contributed by atoms with Gasteiger partial charge in [-0.1, -0.05) is 31.8 Å². The zero-order valence-corrected chi connectivity index (χ0v) is 12.4. The first-order valence-corrected chi connectivity index (χ1v) is 6.99. The van der Waals surface area contributed by atoms with Crippen molar-refractivity contribution in [3.63, 3.8) is 0 Å². The van der Waals surface area contributed by atoms with Crippen LogP contribution in [-0.2, 0) is 4.79 Å². The number of hydrogen-bond donors (Lipinski definition) is 0. The fourth-order valence-corrected chi connectivity index (χ4v) is 2.72. The number of rotatable bonds is 0. The second-order valence-electron chi connectivity index (χ2n) is 6.46. The number of alkyl halides is 1. The van der Waals surface area contributed by atoms with E-state index in [0.29, 0.717) is 18.4 Å². The molecule has 1 saturated carbocycles. The van der Waals surface area contributed by atoms with E-state index in [1.807, 2.05) is 13.0 Å². The summed E-state index contributed by atoms with van der Waals surface area (Å²) in [5, 5.41) is 9.12. The maximum absolute atomic E-state index is 11.9. The van der Waals surface area contributed by atoms with Crippen LogP contribution in [0.25, 0.3) is 0 Å². The molecule has 0 N–H and O–H groups in total. The Morgan fingerprint density at radius 2 is 1.95 bits per heavy atom. The predicted octanol–water partition coefficient (Wildman–Crippen LogP) is 3.61. The van der Waals surface area contributed by atoms with Gasteiger partial charge in [-0.3, -0.25) is 4.79 Å². The Bertz CT molecular complexity index is 558. The number of carbonyl (C=O) groups excluding carboxylic acids is 1. The SMILES string of the molecule is CC1(C)C=C(C#C[C@@]2(C)CC[C@@]2(Cl)C#N)C(=O)CC1. The van der Waals surface area contributed by atoms with Crippen LogP contribution in [0.1, 0.15) is 46.5 Å². The molecule has 0 bridgehead atoms. The highest BCUT2D eigenvalue weighted by Crippen LogP contribution is 2.53. The minimum atomic E-state index is -0.895. The van der Waals surface area contributed by atoms with Gasteiger partial charge in [0.1, 0.15) is 4.87 Å². The summed E-state index contributed by atoms with van der Waals surface area (Å²) in [7, 11) is 0. The highest BCUT2D eigenvalue weighted by Gasteiger charge is 2.55. The summed E-state index contributed by atoms with van der Waals surface area (Å²) in [6, 6.07) is 2.14. The first-order valence-electron chi connectivity index (χ1n) is 6.61. The lowest BCUT2D eigenvalue weighted by molar-refractivity contribution is -0.116. The number of Topliss-reactive ketones (excluding diaryl/α,β-unsaturated/α-hetero) is 1. The zero-order chi connectivity index (χ0) is 14.3. The van der Waals surface area contributed by atoms with E-state index in [9.17, 15) is 4.79 Å². The number of nitriles is 1. The zero-order valence-electron chi connectivity index (χ0n) is 11.6. The molecule has 0 aromatic heterocycles. The van der Waals surface area contributed by atoms with Gasteiger partial charge in [-0.2, -0.15) is 5.26 Å².